The third kappa shape index (κ3) is 5.35. The minimum absolute atomic E-state index is 0.0368. The third-order valence-electron chi connectivity index (χ3n) is 5.40. The van der Waals surface area contributed by atoms with Crippen LogP contribution in [0.3, 0.4) is 0 Å². The number of nitrogens with zero attached hydrogens (tertiary/aromatic N) is 3. The lowest BCUT2D eigenvalue weighted by atomic mass is 10.1. The number of anilines is 1. The summed E-state index contributed by atoms with van der Waals surface area (Å²) >= 11 is 1.47. The molecule has 0 unspecified atom stereocenters. The Bertz CT molecular complexity index is 989. The Morgan fingerprint density at radius 3 is 2.39 bits per heavy atom. The molecule has 0 N–H and O–H groups in total. The van der Waals surface area contributed by atoms with E-state index in [0.717, 1.165) is 46.7 Å². The number of thiazole rings is 1. The Labute approximate surface area is 188 Å². The number of carbonyl (C=O) groups is 1. The van der Waals surface area contributed by atoms with Gasteiger partial charge in [-0.2, -0.15) is 0 Å². The maximum atomic E-state index is 13.4. The van der Waals surface area contributed by atoms with Crippen molar-refractivity contribution in [2.75, 3.05) is 45.3 Å². The molecule has 166 valence electrons. The summed E-state index contributed by atoms with van der Waals surface area (Å²) in [7, 11) is 3.27. The summed E-state index contributed by atoms with van der Waals surface area (Å²) < 4.78 is 11.9. The zero-order chi connectivity index (χ0) is 22.4. The average Bonchev–Trinajstić information content (AvgIpc) is 3.21. The van der Waals surface area contributed by atoms with Gasteiger partial charge in [0, 0.05) is 13.1 Å². The number of hydrogen-bond acceptors (Lipinski definition) is 6. The molecule has 1 aromatic heterocycles. The Balaban J connectivity index is 1.97. The number of hydrogen-bond donors (Lipinski definition) is 0. The average molecular weight is 442 g/mol. The van der Waals surface area contributed by atoms with Gasteiger partial charge in [-0.05, 0) is 37.7 Å². The van der Waals surface area contributed by atoms with Crippen molar-refractivity contribution < 1.29 is 14.3 Å². The molecule has 0 atom stereocenters. The van der Waals surface area contributed by atoms with Crippen LogP contribution in [-0.4, -0.2) is 56.2 Å². The van der Waals surface area contributed by atoms with Crippen molar-refractivity contribution in [2.45, 2.75) is 27.2 Å². The predicted octanol–water partition coefficient (Wildman–Crippen LogP) is 4.54. The van der Waals surface area contributed by atoms with Crippen LogP contribution in [-0.2, 0) is 11.2 Å². The zero-order valence-corrected chi connectivity index (χ0v) is 19.8. The van der Waals surface area contributed by atoms with Gasteiger partial charge in [0.1, 0.15) is 21.7 Å². The number of likely N-dealkylation sites (N-methyl/N-ethyl adjacent to an activating group) is 1. The number of ether oxygens (including phenoxy) is 2. The summed E-state index contributed by atoms with van der Waals surface area (Å²) in [4.78, 5) is 22.3. The molecule has 1 heterocycles. The monoisotopic (exact) mass is 441 g/mol. The van der Waals surface area contributed by atoms with Gasteiger partial charge in [-0.15, -0.1) is 0 Å². The van der Waals surface area contributed by atoms with Crippen LogP contribution in [0, 0.1) is 6.92 Å². The van der Waals surface area contributed by atoms with Crippen molar-refractivity contribution in [1.29, 1.82) is 0 Å². The summed E-state index contributed by atoms with van der Waals surface area (Å²) in [6, 6.07) is 11.8. The minimum atomic E-state index is 0.0368. The molecule has 6 nitrogen and oxygen atoms in total. The number of methoxy groups -OCH3 is 2. The SMILES string of the molecule is CCN(CC)CCN(C(=O)Cc1cccc(C)c1)c1nc2c(OC)ccc(OC)c2s1. The van der Waals surface area contributed by atoms with Crippen molar-refractivity contribution in [1.82, 2.24) is 9.88 Å². The van der Waals surface area contributed by atoms with Gasteiger partial charge in [-0.3, -0.25) is 9.69 Å². The lowest BCUT2D eigenvalue weighted by Gasteiger charge is -2.24. The summed E-state index contributed by atoms with van der Waals surface area (Å²) in [5.74, 6) is 1.44. The van der Waals surface area contributed by atoms with Crippen molar-refractivity contribution in [3.8, 4) is 11.5 Å². The lowest BCUT2D eigenvalue weighted by molar-refractivity contribution is -0.118. The number of rotatable bonds is 10. The van der Waals surface area contributed by atoms with Gasteiger partial charge in [0.25, 0.3) is 0 Å². The van der Waals surface area contributed by atoms with E-state index in [9.17, 15) is 4.79 Å². The minimum Gasteiger partial charge on any atom is -0.495 e. The Morgan fingerprint density at radius 2 is 1.74 bits per heavy atom. The first-order valence-corrected chi connectivity index (χ1v) is 11.4. The fraction of sp³-hybridized carbons (Fsp3) is 0.417. The van der Waals surface area contributed by atoms with Gasteiger partial charge in [0.05, 0.1) is 20.6 Å². The maximum absolute atomic E-state index is 13.4. The first-order chi connectivity index (χ1) is 15.0. The Hall–Kier alpha value is -2.64. The molecule has 0 saturated carbocycles. The first kappa shape index (κ1) is 23.0. The molecule has 0 fully saturated rings. The standard InChI is InChI=1S/C24H31N3O3S/c1-6-26(7-2)13-14-27(21(28)16-18-10-8-9-17(3)15-18)24-25-22-19(29-4)11-12-20(30-5)23(22)31-24/h8-12,15H,6-7,13-14,16H2,1-5H3. The highest BCUT2D eigenvalue weighted by atomic mass is 32.1. The highest BCUT2D eigenvalue weighted by Gasteiger charge is 2.23. The van der Waals surface area contributed by atoms with Crippen molar-refractivity contribution >= 4 is 32.6 Å². The fourth-order valence-corrected chi connectivity index (χ4v) is 4.71. The molecule has 7 heteroatoms. The molecular formula is C24H31N3O3S. The fourth-order valence-electron chi connectivity index (χ4n) is 3.59. The predicted molar refractivity (Wildman–Crippen MR) is 128 cm³/mol. The Morgan fingerprint density at radius 1 is 1.03 bits per heavy atom. The van der Waals surface area contributed by atoms with Crippen LogP contribution in [0.1, 0.15) is 25.0 Å². The van der Waals surface area contributed by atoms with Crippen LogP contribution >= 0.6 is 11.3 Å². The highest BCUT2D eigenvalue weighted by molar-refractivity contribution is 7.22. The molecule has 1 amide bonds. The lowest BCUT2D eigenvalue weighted by Crippen LogP contribution is -2.39. The van der Waals surface area contributed by atoms with E-state index in [1.165, 1.54) is 11.3 Å². The number of benzene rings is 2. The van der Waals surface area contributed by atoms with Gasteiger partial charge in [-0.25, -0.2) is 4.98 Å². The summed E-state index contributed by atoms with van der Waals surface area (Å²) in [5.41, 5.74) is 2.88. The number of aromatic nitrogens is 1. The van der Waals surface area contributed by atoms with Gasteiger partial charge in [-0.1, -0.05) is 55.0 Å². The second-order valence-corrected chi connectivity index (χ2v) is 8.36. The highest BCUT2D eigenvalue weighted by Crippen LogP contribution is 2.40. The number of carbonyl (C=O) groups excluding carboxylic acids is 1. The quantitative estimate of drug-likeness (QED) is 0.462. The smallest absolute Gasteiger partial charge is 0.233 e. The first-order valence-electron chi connectivity index (χ1n) is 10.6. The molecular weight excluding hydrogens is 410 g/mol. The molecule has 31 heavy (non-hydrogen) atoms. The van der Waals surface area contributed by atoms with Crippen LogP contribution in [0.25, 0.3) is 10.2 Å². The van der Waals surface area contributed by atoms with E-state index < -0.39 is 0 Å². The van der Waals surface area contributed by atoms with Crippen LogP contribution in [0.4, 0.5) is 5.13 Å². The van der Waals surface area contributed by atoms with Gasteiger partial charge < -0.3 is 14.4 Å². The number of fused-ring (bicyclic) bond motifs is 1. The third-order valence-corrected chi connectivity index (χ3v) is 6.50. The maximum Gasteiger partial charge on any atom is 0.233 e. The van der Waals surface area contributed by atoms with E-state index in [2.05, 4.69) is 24.8 Å². The molecule has 0 saturated heterocycles. The summed E-state index contributed by atoms with van der Waals surface area (Å²) in [6.07, 6.45) is 0.337. The molecule has 3 rings (SSSR count). The van der Waals surface area contributed by atoms with E-state index in [1.54, 1.807) is 14.2 Å². The summed E-state index contributed by atoms with van der Waals surface area (Å²) in [5, 5.41) is 0.669. The molecule has 0 aliphatic heterocycles. The van der Waals surface area contributed by atoms with E-state index in [0.29, 0.717) is 23.8 Å². The topological polar surface area (TPSA) is 54.9 Å². The largest absolute Gasteiger partial charge is 0.495 e. The molecule has 0 radical (unpaired) electrons. The second kappa shape index (κ2) is 10.6. The van der Waals surface area contributed by atoms with Crippen LogP contribution < -0.4 is 14.4 Å². The molecule has 0 bridgehead atoms. The van der Waals surface area contributed by atoms with E-state index >= 15 is 0 Å². The van der Waals surface area contributed by atoms with Crippen LogP contribution in [0.15, 0.2) is 36.4 Å². The molecule has 0 aliphatic carbocycles. The molecule has 3 aromatic rings. The van der Waals surface area contributed by atoms with Crippen molar-refractivity contribution in [3.63, 3.8) is 0 Å². The van der Waals surface area contributed by atoms with E-state index in [4.69, 9.17) is 14.5 Å². The zero-order valence-electron chi connectivity index (χ0n) is 19.0. The number of amides is 1. The van der Waals surface area contributed by atoms with Gasteiger partial charge in [0.15, 0.2) is 5.13 Å². The van der Waals surface area contributed by atoms with Crippen LogP contribution in [0.2, 0.25) is 0 Å². The van der Waals surface area contributed by atoms with E-state index in [-0.39, 0.29) is 5.91 Å². The Kier molecular flexibility index (Phi) is 7.87. The number of aryl methyl sites for hydroxylation is 1. The summed E-state index contributed by atoms with van der Waals surface area (Å²) in [6.45, 7) is 9.56. The van der Waals surface area contributed by atoms with Crippen LogP contribution in [0.5, 0.6) is 11.5 Å². The van der Waals surface area contributed by atoms with Gasteiger partial charge in [0.2, 0.25) is 5.91 Å². The van der Waals surface area contributed by atoms with Crippen molar-refractivity contribution in [2.24, 2.45) is 0 Å². The van der Waals surface area contributed by atoms with E-state index in [1.807, 2.05) is 42.2 Å². The normalized spacial score (nSPS) is 11.2. The second-order valence-electron chi connectivity index (χ2n) is 7.38. The van der Waals surface area contributed by atoms with Gasteiger partial charge >= 0.3 is 0 Å². The van der Waals surface area contributed by atoms with Crippen molar-refractivity contribution in [3.05, 3.63) is 47.5 Å². The molecule has 0 aliphatic rings. The molecule has 2 aromatic carbocycles. The molecule has 0 spiro atoms.